The molecule has 0 atom stereocenters. The zero-order valence-corrected chi connectivity index (χ0v) is 13.7. The first-order chi connectivity index (χ1) is 9.88. The Labute approximate surface area is 135 Å². The molecule has 0 radical (unpaired) electrons. The van der Waals surface area contributed by atoms with Crippen LogP contribution in [0.1, 0.15) is 15.2 Å². The van der Waals surface area contributed by atoms with E-state index in [0.29, 0.717) is 18.5 Å². The van der Waals surface area contributed by atoms with Crippen molar-refractivity contribution in [2.45, 2.75) is 10.6 Å². The van der Waals surface area contributed by atoms with Crippen molar-refractivity contribution in [3.63, 3.8) is 0 Å². The lowest BCUT2D eigenvalue weighted by Crippen LogP contribution is -2.25. The van der Waals surface area contributed by atoms with E-state index in [9.17, 15) is 13.2 Å². The molecule has 0 spiro atoms. The smallest absolute Gasteiger partial charge is 0.270 e. The summed E-state index contributed by atoms with van der Waals surface area (Å²) in [4.78, 5) is 16.5. The molecule has 0 aliphatic heterocycles. The molecule has 21 heavy (non-hydrogen) atoms. The minimum atomic E-state index is -3.69. The number of thiophene rings is 1. The Morgan fingerprint density at radius 1 is 1.33 bits per heavy atom. The van der Waals surface area contributed by atoms with Crippen LogP contribution in [0.4, 0.5) is 0 Å². The number of nitrogens with zero attached hydrogens (tertiary/aromatic N) is 1. The second-order valence-corrected chi connectivity index (χ2v) is 8.39. The third-order valence-electron chi connectivity index (χ3n) is 2.55. The van der Waals surface area contributed by atoms with Gasteiger partial charge in [0.25, 0.3) is 15.0 Å². The maximum atomic E-state index is 11.9. The third-order valence-corrected chi connectivity index (χ3v) is 6.09. The summed E-state index contributed by atoms with van der Waals surface area (Å²) in [5.41, 5.74) is 0.349. The van der Waals surface area contributed by atoms with Gasteiger partial charge in [0.2, 0.25) is 0 Å². The number of amides is 1. The molecule has 5 nitrogen and oxygen atoms in total. The predicted molar refractivity (Wildman–Crippen MR) is 82.6 cm³/mol. The molecule has 1 N–H and O–H groups in total. The highest BCUT2D eigenvalue weighted by Crippen LogP contribution is 2.24. The van der Waals surface area contributed by atoms with E-state index in [-0.39, 0.29) is 15.1 Å². The van der Waals surface area contributed by atoms with E-state index in [2.05, 4.69) is 10.3 Å². The van der Waals surface area contributed by atoms with E-state index < -0.39 is 9.05 Å². The SMILES string of the molecule is O=C(NCCc1ccc(S(=O)(=O)Cl)s1)c1ccncc1Cl. The molecule has 2 heterocycles. The number of rotatable bonds is 5. The number of hydrogen-bond acceptors (Lipinski definition) is 5. The molecule has 2 aromatic rings. The van der Waals surface area contributed by atoms with E-state index in [4.69, 9.17) is 22.3 Å². The van der Waals surface area contributed by atoms with Crippen LogP contribution in [0, 0.1) is 0 Å². The van der Waals surface area contributed by atoms with Crippen LogP contribution in [0.5, 0.6) is 0 Å². The molecule has 0 fully saturated rings. The fraction of sp³-hybridized carbons (Fsp3) is 0.167. The fourth-order valence-corrected chi connectivity index (χ4v) is 3.90. The summed E-state index contributed by atoms with van der Waals surface area (Å²) in [6.07, 6.45) is 3.39. The Hall–Kier alpha value is -1.15. The van der Waals surface area contributed by atoms with Gasteiger partial charge in [0.15, 0.2) is 0 Å². The van der Waals surface area contributed by atoms with Gasteiger partial charge in [-0.25, -0.2) is 8.42 Å². The van der Waals surface area contributed by atoms with Crippen molar-refractivity contribution in [3.8, 4) is 0 Å². The molecule has 0 saturated heterocycles. The molecular formula is C12H10Cl2N2O3S2. The number of halogens is 2. The Kier molecular flexibility index (Phi) is 5.21. The standard InChI is InChI=1S/C12H10Cl2N2O3S2/c13-10-7-15-5-4-9(10)12(17)16-6-3-8-1-2-11(20-8)21(14,18)19/h1-2,4-5,7H,3,6H2,(H,16,17). The average Bonchev–Trinajstić information content (AvgIpc) is 2.88. The van der Waals surface area contributed by atoms with Gasteiger partial charge in [-0.2, -0.15) is 0 Å². The zero-order chi connectivity index (χ0) is 15.5. The largest absolute Gasteiger partial charge is 0.352 e. The van der Waals surface area contributed by atoms with Gasteiger partial charge < -0.3 is 5.32 Å². The minimum absolute atomic E-state index is 0.0997. The molecule has 0 bridgehead atoms. The molecule has 1 amide bonds. The van der Waals surface area contributed by atoms with Crippen LogP contribution >= 0.6 is 33.6 Å². The molecule has 2 aromatic heterocycles. The fourth-order valence-electron chi connectivity index (χ4n) is 1.58. The summed E-state index contributed by atoms with van der Waals surface area (Å²) >= 11 is 6.95. The van der Waals surface area contributed by atoms with E-state index in [1.165, 1.54) is 24.5 Å². The molecule has 0 aliphatic carbocycles. The van der Waals surface area contributed by atoms with E-state index in [1.807, 2.05) is 0 Å². The molecule has 112 valence electrons. The van der Waals surface area contributed by atoms with Gasteiger partial charge in [0.05, 0.1) is 10.6 Å². The first-order valence-electron chi connectivity index (χ1n) is 5.79. The van der Waals surface area contributed by atoms with Gasteiger partial charge in [-0.05, 0) is 24.6 Å². The highest BCUT2D eigenvalue weighted by molar-refractivity contribution is 8.15. The Morgan fingerprint density at radius 3 is 2.71 bits per heavy atom. The van der Waals surface area contributed by atoms with Crippen molar-refractivity contribution in [1.29, 1.82) is 0 Å². The Morgan fingerprint density at radius 2 is 2.10 bits per heavy atom. The van der Waals surface area contributed by atoms with Crippen LogP contribution in [0.3, 0.4) is 0 Å². The maximum Gasteiger partial charge on any atom is 0.270 e. The van der Waals surface area contributed by atoms with E-state index in [1.54, 1.807) is 6.07 Å². The van der Waals surface area contributed by atoms with Gasteiger partial charge in [-0.3, -0.25) is 9.78 Å². The number of carbonyl (C=O) groups excluding carboxylic acids is 1. The summed E-state index contributed by atoms with van der Waals surface area (Å²) in [6, 6.07) is 4.65. The van der Waals surface area contributed by atoms with Crippen LogP contribution in [0.15, 0.2) is 34.8 Å². The monoisotopic (exact) mass is 364 g/mol. The van der Waals surface area contributed by atoms with E-state index >= 15 is 0 Å². The highest BCUT2D eigenvalue weighted by Gasteiger charge is 2.13. The predicted octanol–water partition coefficient (Wildman–Crippen LogP) is 2.70. The van der Waals surface area contributed by atoms with Gasteiger partial charge in [-0.15, -0.1) is 11.3 Å². The van der Waals surface area contributed by atoms with Gasteiger partial charge in [0.1, 0.15) is 4.21 Å². The van der Waals surface area contributed by atoms with E-state index in [0.717, 1.165) is 16.2 Å². The van der Waals surface area contributed by atoms with Gasteiger partial charge in [-0.1, -0.05) is 11.6 Å². The molecule has 0 aliphatic rings. The van der Waals surface area contributed by atoms with Crippen LogP contribution in [0.25, 0.3) is 0 Å². The summed E-state index contributed by atoms with van der Waals surface area (Å²) in [7, 11) is 1.55. The number of pyridine rings is 1. The van der Waals surface area contributed by atoms with Gasteiger partial charge >= 0.3 is 0 Å². The second kappa shape index (κ2) is 6.74. The Balaban J connectivity index is 1.92. The molecule has 0 unspecified atom stereocenters. The van der Waals surface area contributed by atoms with Crippen LogP contribution < -0.4 is 5.32 Å². The van der Waals surface area contributed by atoms with Crippen molar-refractivity contribution in [1.82, 2.24) is 10.3 Å². The summed E-state index contributed by atoms with van der Waals surface area (Å²) in [6.45, 7) is 0.361. The van der Waals surface area contributed by atoms with Crippen LogP contribution in [-0.2, 0) is 15.5 Å². The van der Waals surface area contributed by atoms with Crippen molar-refractivity contribution in [3.05, 3.63) is 46.1 Å². The van der Waals surface area contributed by atoms with Crippen molar-refractivity contribution >= 4 is 48.6 Å². The van der Waals surface area contributed by atoms with Crippen molar-refractivity contribution in [2.24, 2.45) is 0 Å². The summed E-state index contributed by atoms with van der Waals surface area (Å²) in [5, 5.41) is 2.99. The zero-order valence-electron chi connectivity index (χ0n) is 10.5. The molecular weight excluding hydrogens is 355 g/mol. The lowest BCUT2D eigenvalue weighted by atomic mass is 10.2. The lowest BCUT2D eigenvalue weighted by Gasteiger charge is -2.05. The summed E-state index contributed by atoms with van der Waals surface area (Å²) < 4.78 is 22.4. The topological polar surface area (TPSA) is 76.1 Å². The molecule has 2 rings (SSSR count). The first kappa shape index (κ1) is 16.2. The number of carbonyl (C=O) groups is 1. The minimum Gasteiger partial charge on any atom is -0.352 e. The summed E-state index contributed by atoms with van der Waals surface area (Å²) in [5.74, 6) is -0.302. The van der Waals surface area contributed by atoms with Gasteiger partial charge in [0, 0.05) is 34.5 Å². The number of hydrogen-bond donors (Lipinski definition) is 1. The number of aromatic nitrogens is 1. The lowest BCUT2D eigenvalue weighted by molar-refractivity contribution is 0.0954. The molecule has 0 aromatic carbocycles. The van der Waals surface area contributed by atoms with Crippen LogP contribution in [-0.4, -0.2) is 25.9 Å². The molecule has 9 heteroatoms. The van der Waals surface area contributed by atoms with Crippen LogP contribution in [0.2, 0.25) is 5.02 Å². The van der Waals surface area contributed by atoms with Crippen molar-refractivity contribution in [2.75, 3.05) is 6.54 Å². The first-order valence-corrected chi connectivity index (χ1v) is 9.29. The quantitative estimate of drug-likeness (QED) is 0.827. The second-order valence-electron chi connectivity index (χ2n) is 4.02. The average molecular weight is 365 g/mol. The Bertz CT molecular complexity index is 759. The number of nitrogens with one attached hydrogen (secondary N) is 1. The normalized spacial score (nSPS) is 11.3. The third kappa shape index (κ3) is 4.41. The van der Waals surface area contributed by atoms with Crippen molar-refractivity contribution < 1.29 is 13.2 Å². The highest BCUT2D eigenvalue weighted by atomic mass is 35.7. The molecule has 0 saturated carbocycles. The maximum absolute atomic E-state index is 11.9.